The molecule has 2 aliphatic rings. The van der Waals surface area contributed by atoms with Crippen molar-refractivity contribution in [2.45, 2.75) is 31.2 Å². The molecule has 2 aromatic rings. The van der Waals surface area contributed by atoms with Crippen molar-refractivity contribution in [3.8, 4) is 5.75 Å². The normalized spacial score (nSPS) is 19.4. The van der Waals surface area contributed by atoms with Crippen molar-refractivity contribution in [3.63, 3.8) is 0 Å². The molecule has 2 saturated heterocycles. The molecule has 0 aliphatic carbocycles. The third-order valence-corrected chi connectivity index (χ3v) is 9.39. The second kappa shape index (κ2) is 13.0. The number of nitrogens with zero attached hydrogens (tertiary/aromatic N) is 4. The van der Waals surface area contributed by atoms with Crippen molar-refractivity contribution in [3.05, 3.63) is 53.3 Å². The topological polar surface area (TPSA) is 102 Å². The number of sulfonamides is 1. The molecule has 208 valence electrons. The number of hydrogen-bond acceptors (Lipinski definition) is 8. The van der Waals surface area contributed by atoms with Gasteiger partial charge in [0.15, 0.2) is 0 Å². The minimum Gasteiger partial charge on any atom is -0.497 e. The van der Waals surface area contributed by atoms with Crippen LogP contribution in [0, 0.1) is 13.8 Å². The van der Waals surface area contributed by atoms with Gasteiger partial charge in [-0.05, 0) is 61.2 Å². The average molecular weight is 547 g/mol. The van der Waals surface area contributed by atoms with Gasteiger partial charge in [0, 0.05) is 51.7 Å². The summed E-state index contributed by atoms with van der Waals surface area (Å²) in [5.41, 5.74) is 2.51. The SMILES string of the molecule is COc1cc(C)c(S(=O)(=O)N2CCOC[C@H]2COCC(=O)N2CCN(CCc3ccncc3)CC2)c(C)c1. The predicted molar refractivity (Wildman–Crippen MR) is 143 cm³/mol. The molecular weight excluding hydrogens is 508 g/mol. The average Bonchev–Trinajstić information content (AvgIpc) is 2.92. The van der Waals surface area contributed by atoms with Crippen LogP contribution in [-0.4, -0.2) is 112 Å². The molecule has 3 heterocycles. The number of ether oxygens (including phenoxy) is 3. The smallest absolute Gasteiger partial charge is 0.248 e. The van der Waals surface area contributed by atoms with Crippen molar-refractivity contribution in [1.82, 2.24) is 19.1 Å². The molecule has 0 bridgehead atoms. The van der Waals surface area contributed by atoms with Crippen molar-refractivity contribution >= 4 is 15.9 Å². The van der Waals surface area contributed by atoms with E-state index in [0.29, 0.717) is 36.6 Å². The Morgan fingerprint density at radius 2 is 1.76 bits per heavy atom. The number of methoxy groups -OCH3 is 1. The summed E-state index contributed by atoms with van der Waals surface area (Å²) < 4.78 is 45.4. The molecule has 0 N–H and O–H groups in total. The lowest BCUT2D eigenvalue weighted by molar-refractivity contribution is -0.138. The molecule has 38 heavy (non-hydrogen) atoms. The highest BCUT2D eigenvalue weighted by Crippen LogP contribution is 2.30. The number of amides is 1. The van der Waals surface area contributed by atoms with Crippen LogP contribution in [0.3, 0.4) is 0 Å². The fourth-order valence-corrected chi connectivity index (χ4v) is 7.07. The van der Waals surface area contributed by atoms with Gasteiger partial charge >= 0.3 is 0 Å². The fraction of sp³-hybridized carbons (Fsp3) is 0.556. The summed E-state index contributed by atoms with van der Waals surface area (Å²) in [5, 5.41) is 0. The van der Waals surface area contributed by atoms with Gasteiger partial charge < -0.3 is 19.1 Å². The van der Waals surface area contributed by atoms with Gasteiger partial charge in [-0.25, -0.2) is 8.42 Å². The Bertz CT molecular complexity index is 1160. The number of aryl methyl sites for hydroxylation is 2. The third kappa shape index (κ3) is 6.89. The molecule has 0 unspecified atom stereocenters. The Labute approximate surface area is 225 Å². The molecule has 0 saturated carbocycles. The molecule has 4 rings (SSSR count). The highest BCUT2D eigenvalue weighted by atomic mass is 32.2. The fourth-order valence-electron chi connectivity index (χ4n) is 5.07. The summed E-state index contributed by atoms with van der Waals surface area (Å²) in [6.45, 7) is 8.21. The maximum Gasteiger partial charge on any atom is 0.248 e. The van der Waals surface area contributed by atoms with Gasteiger partial charge in [0.05, 0.1) is 37.9 Å². The molecule has 2 fully saturated rings. The molecule has 11 heteroatoms. The highest BCUT2D eigenvalue weighted by molar-refractivity contribution is 7.89. The number of carbonyl (C=O) groups is 1. The molecule has 2 aliphatic heterocycles. The summed E-state index contributed by atoms with van der Waals surface area (Å²) in [5.74, 6) is 0.542. The Balaban J connectivity index is 1.27. The Kier molecular flexibility index (Phi) is 9.72. The van der Waals surface area contributed by atoms with E-state index >= 15 is 0 Å². The van der Waals surface area contributed by atoms with Crippen molar-refractivity contribution in [2.24, 2.45) is 0 Å². The largest absolute Gasteiger partial charge is 0.497 e. The summed E-state index contributed by atoms with van der Waals surface area (Å²) in [4.78, 5) is 21.3. The molecule has 1 amide bonds. The van der Waals surface area contributed by atoms with Crippen molar-refractivity contribution in [1.29, 1.82) is 0 Å². The van der Waals surface area contributed by atoms with Crippen LogP contribution in [0.1, 0.15) is 16.7 Å². The van der Waals surface area contributed by atoms with Gasteiger partial charge in [0.2, 0.25) is 15.9 Å². The van der Waals surface area contributed by atoms with E-state index in [1.165, 1.54) is 9.87 Å². The van der Waals surface area contributed by atoms with E-state index < -0.39 is 16.1 Å². The zero-order chi connectivity index (χ0) is 27.1. The zero-order valence-electron chi connectivity index (χ0n) is 22.5. The lowest BCUT2D eigenvalue weighted by Gasteiger charge is -2.36. The first kappa shape index (κ1) is 28.4. The van der Waals surface area contributed by atoms with E-state index in [1.807, 2.05) is 17.0 Å². The van der Waals surface area contributed by atoms with Crippen LogP contribution >= 0.6 is 0 Å². The number of aromatic nitrogens is 1. The highest BCUT2D eigenvalue weighted by Gasteiger charge is 2.36. The van der Waals surface area contributed by atoms with Crippen LogP contribution in [0.2, 0.25) is 0 Å². The molecular formula is C27H38N4O6S. The first-order valence-electron chi connectivity index (χ1n) is 13.0. The standard InChI is InChI=1S/C27H38N4O6S/c1-21-16-25(35-3)17-22(2)27(21)38(33,34)31-14-15-36-18-24(31)19-37-20-26(32)30-12-10-29(11-13-30)9-6-23-4-7-28-8-5-23/h4-5,7-8,16-17,24H,6,9-15,18-20H2,1-3H3/t24-/m0/s1. The Morgan fingerprint density at radius 1 is 1.08 bits per heavy atom. The van der Waals surface area contributed by atoms with E-state index in [-0.39, 0.29) is 37.2 Å². The van der Waals surface area contributed by atoms with E-state index in [1.54, 1.807) is 45.5 Å². The van der Waals surface area contributed by atoms with Gasteiger partial charge in [0.1, 0.15) is 12.4 Å². The number of carbonyl (C=O) groups excluding carboxylic acids is 1. The summed E-state index contributed by atoms with van der Waals surface area (Å²) in [6, 6.07) is 7.00. The molecule has 10 nitrogen and oxygen atoms in total. The first-order valence-corrected chi connectivity index (χ1v) is 14.4. The second-order valence-corrected chi connectivity index (χ2v) is 11.6. The molecule has 1 aromatic carbocycles. The monoisotopic (exact) mass is 546 g/mol. The number of rotatable bonds is 10. The molecule has 0 spiro atoms. The van der Waals surface area contributed by atoms with Gasteiger partial charge in [-0.3, -0.25) is 14.7 Å². The maximum atomic E-state index is 13.6. The minimum atomic E-state index is -3.79. The van der Waals surface area contributed by atoms with E-state index in [4.69, 9.17) is 14.2 Å². The van der Waals surface area contributed by atoms with Crippen LogP contribution in [0.15, 0.2) is 41.6 Å². The summed E-state index contributed by atoms with van der Waals surface area (Å²) in [6.07, 6.45) is 4.57. The quantitative estimate of drug-likeness (QED) is 0.442. The van der Waals surface area contributed by atoms with Crippen LogP contribution in [0.4, 0.5) is 0 Å². The third-order valence-electron chi connectivity index (χ3n) is 7.14. The number of piperazine rings is 1. The van der Waals surface area contributed by atoms with Crippen molar-refractivity contribution in [2.75, 3.05) is 72.8 Å². The van der Waals surface area contributed by atoms with E-state index in [9.17, 15) is 13.2 Å². The van der Waals surface area contributed by atoms with E-state index in [0.717, 1.165) is 26.1 Å². The summed E-state index contributed by atoms with van der Waals surface area (Å²) >= 11 is 0. The number of benzene rings is 1. The van der Waals surface area contributed by atoms with Crippen LogP contribution in [0.25, 0.3) is 0 Å². The second-order valence-electron chi connectivity index (χ2n) is 9.78. The molecule has 1 aromatic heterocycles. The van der Waals surface area contributed by atoms with E-state index in [2.05, 4.69) is 9.88 Å². The number of pyridine rings is 1. The van der Waals surface area contributed by atoms with Crippen LogP contribution in [-0.2, 0) is 30.7 Å². The number of hydrogen-bond donors (Lipinski definition) is 0. The van der Waals surface area contributed by atoms with Gasteiger partial charge in [-0.1, -0.05) is 0 Å². The van der Waals surface area contributed by atoms with Gasteiger partial charge in [0.25, 0.3) is 0 Å². The summed E-state index contributed by atoms with van der Waals surface area (Å²) in [7, 11) is -2.23. The zero-order valence-corrected chi connectivity index (χ0v) is 23.3. The predicted octanol–water partition coefficient (Wildman–Crippen LogP) is 1.50. The number of morpholine rings is 1. The van der Waals surface area contributed by atoms with Gasteiger partial charge in [-0.2, -0.15) is 4.31 Å². The minimum absolute atomic E-state index is 0.0771. The Morgan fingerprint density at radius 3 is 2.42 bits per heavy atom. The lowest BCUT2D eigenvalue weighted by atomic mass is 10.1. The molecule has 1 atom stereocenters. The first-order chi connectivity index (χ1) is 18.3. The van der Waals surface area contributed by atoms with Crippen LogP contribution in [0.5, 0.6) is 5.75 Å². The maximum absolute atomic E-state index is 13.6. The lowest BCUT2D eigenvalue weighted by Crippen LogP contribution is -2.52. The van der Waals surface area contributed by atoms with Crippen LogP contribution < -0.4 is 4.74 Å². The Hall–Kier alpha value is -2.57. The van der Waals surface area contributed by atoms with Crippen molar-refractivity contribution < 1.29 is 27.4 Å². The molecule has 0 radical (unpaired) electrons. The van der Waals surface area contributed by atoms with Gasteiger partial charge in [-0.15, -0.1) is 0 Å².